The molecule has 1 heterocycles. The first-order valence-corrected chi connectivity index (χ1v) is 6.04. The molecule has 0 amide bonds. The van der Waals surface area contributed by atoms with E-state index in [9.17, 15) is 0 Å². The Kier molecular flexibility index (Phi) is 1.59. The second kappa shape index (κ2) is 2.38. The van der Waals surface area contributed by atoms with Crippen LogP contribution in [0, 0.1) is 11.3 Å². The van der Waals surface area contributed by atoms with Crippen molar-refractivity contribution in [1.29, 1.82) is 0 Å². The highest BCUT2D eigenvalue weighted by atomic mass is 127. The van der Waals surface area contributed by atoms with Crippen molar-refractivity contribution in [3.8, 4) is 0 Å². The largest absolute Gasteiger partial charge is 0.381 e. The van der Waals surface area contributed by atoms with Crippen molar-refractivity contribution in [1.82, 2.24) is 0 Å². The Morgan fingerprint density at radius 2 is 1.92 bits per heavy atom. The van der Waals surface area contributed by atoms with Gasteiger partial charge in [-0.05, 0) is 37.5 Å². The van der Waals surface area contributed by atoms with Crippen LogP contribution in [0.4, 0.5) is 0 Å². The molecule has 0 N–H and O–H groups in total. The smallest absolute Gasteiger partial charge is 0.0516 e. The van der Waals surface area contributed by atoms with Gasteiger partial charge in [-0.3, -0.25) is 0 Å². The topological polar surface area (TPSA) is 9.23 Å². The van der Waals surface area contributed by atoms with Gasteiger partial charge in [-0.2, -0.15) is 0 Å². The van der Waals surface area contributed by atoms with Crippen LogP contribution in [-0.4, -0.2) is 16.6 Å². The minimum absolute atomic E-state index is 0.772. The molecule has 0 aromatic heterocycles. The molecule has 2 bridgehead atoms. The number of alkyl halides is 1. The Hall–Kier alpha value is 0.690. The summed E-state index contributed by atoms with van der Waals surface area (Å²) in [6, 6.07) is 0. The molecule has 0 aromatic carbocycles. The predicted octanol–water partition coefficient (Wildman–Crippen LogP) is 2.77. The summed E-state index contributed by atoms with van der Waals surface area (Å²) in [6.07, 6.45) is 7.49. The number of halogens is 1. The highest BCUT2D eigenvalue weighted by molar-refractivity contribution is 14.1. The fourth-order valence-corrected chi connectivity index (χ4v) is 5.51. The first kappa shape index (κ1) is 8.04. The van der Waals surface area contributed by atoms with Gasteiger partial charge in [0.15, 0.2) is 0 Å². The van der Waals surface area contributed by atoms with Gasteiger partial charge in [0.05, 0.1) is 13.2 Å². The van der Waals surface area contributed by atoms with Crippen LogP contribution in [-0.2, 0) is 4.74 Å². The van der Waals surface area contributed by atoms with Gasteiger partial charge >= 0.3 is 0 Å². The van der Waals surface area contributed by atoms with E-state index in [2.05, 4.69) is 22.6 Å². The van der Waals surface area contributed by atoms with Gasteiger partial charge in [-0.25, -0.2) is 0 Å². The van der Waals surface area contributed by atoms with Crippen molar-refractivity contribution in [2.45, 2.75) is 35.5 Å². The Labute approximate surface area is 87.4 Å². The van der Waals surface area contributed by atoms with Crippen molar-refractivity contribution in [3.63, 3.8) is 0 Å². The standard InChI is InChI=1S/C10H15IO/c11-10-5-9(6-10,7-10)2-1-8-3-12-4-8/h8H,1-7H2. The summed E-state index contributed by atoms with van der Waals surface area (Å²) in [7, 11) is 0. The molecule has 1 aliphatic heterocycles. The normalized spacial score (nSPS) is 50.8. The Balaban J connectivity index is 1.45. The van der Waals surface area contributed by atoms with E-state index in [-0.39, 0.29) is 0 Å². The second-order valence-corrected chi connectivity index (χ2v) is 7.41. The summed E-state index contributed by atoms with van der Waals surface area (Å²) in [6.45, 7) is 2.09. The van der Waals surface area contributed by atoms with E-state index in [1.165, 1.54) is 32.1 Å². The molecule has 0 unspecified atom stereocenters. The highest BCUT2D eigenvalue weighted by Crippen LogP contribution is 2.73. The monoisotopic (exact) mass is 278 g/mol. The molecular formula is C10H15IO. The quantitative estimate of drug-likeness (QED) is 0.570. The van der Waals surface area contributed by atoms with Crippen molar-refractivity contribution in [3.05, 3.63) is 0 Å². The maximum Gasteiger partial charge on any atom is 0.0516 e. The van der Waals surface area contributed by atoms with E-state index in [0.29, 0.717) is 0 Å². The van der Waals surface area contributed by atoms with Gasteiger partial charge in [0, 0.05) is 9.34 Å². The molecule has 12 heavy (non-hydrogen) atoms. The lowest BCUT2D eigenvalue weighted by atomic mass is 9.43. The van der Waals surface area contributed by atoms with Crippen LogP contribution in [0.3, 0.4) is 0 Å². The van der Waals surface area contributed by atoms with Crippen molar-refractivity contribution in [2.24, 2.45) is 11.3 Å². The third-order valence-corrected chi connectivity index (χ3v) is 5.01. The van der Waals surface area contributed by atoms with Gasteiger partial charge in [0.1, 0.15) is 0 Å². The van der Waals surface area contributed by atoms with Crippen molar-refractivity contribution in [2.75, 3.05) is 13.2 Å². The van der Waals surface area contributed by atoms with Crippen molar-refractivity contribution < 1.29 is 4.74 Å². The van der Waals surface area contributed by atoms with Crippen LogP contribution < -0.4 is 0 Å². The minimum Gasteiger partial charge on any atom is -0.381 e. The molecule has 0 atom stereocenters. The molecule has 2 heteroatoms. The highest BCUT2D eigenvalue weighted by Gasteiger charge is 2.65. The average Bonchev–Trinajstić information content (AvgIpc) is 1.77. The van der Waals surface area contributed by atoms with Gasteiger partial charge < -0.3 is 4.74 Å². The van der Waals surface area contributed by atoms with E-state index in [4.69, 9.17) is 4.74 Å². The third kappa shape index (κ3) is 1.07. The number of hydrogen-bond acceptors (Lipinski definition) is 1. The number of rotatable bonds is 3. The molecular weight excluding hydrogens is 263 g/mol. The van der Waals surface area contributed by atoms with Crippen molar-refractivity contribution >= 4 is 22.6 Å². The SMILES string of the molecule is IC12CC(CCC3COC3)(C1)C2. The van der Waals surface area contributed by atoms with E-state index >= 15 is 0 Å². The predicted molar refractivity (Wildman–Crippen MR) is 56.6 cm³/mol. The third-order valence-electron chi connectivity index (χ3n) is 3.87. The van der Waals surface area contributed by atoms with Crippen LogP contribution >= 0.6 is 22.6 Å². The Morgan fingerprint density at radius 3 is 2.33 bits per heavy atom. The molecule has 4 rings (SSSR count). The summed E-state index contributed by atoms with van der Waals surface area (Å²) in [5, 5.41) is 0. The maximum atomic E-state index is 5.18. The van der Waals surface area contributed by atoms with Gasteiger partial charge in [0.25, 0.3) is 0 Å². The van der Waals surface area contributed by atoms with Crippen LogP contribution in [0.15, 0.2) is 0 Å². The summed E-state index contributed by atoms with van der Waals surface area (Å²) < 4.78 is 5.95. The van der Waals surface area contributed by atoms with E-state index < -0.39 is 0 Å². The molecule has 3 aliphatic carbocycles. The number of ether oxygens (including phenoxy) is 1. The zero-order valence-corrected chi connectivity index (χ0v) is 9.47. The first-order chi connectivity index (χ1) is 5.70. The summed E-state index contributed by atoms with van der Waals surface area (Å²) in [5.74, 6) is 0.921. The molecule has 0 spiro atoms. The van der Waals surface area contributed by atoms with Crippen LogP contribution in [0.2, 0.25) is 0 Å². The molecule has 68 valence electrons. The number of hydrogen-bond donors (Lipinski definition) is 0. The molecule has 0 aromatic rings. The second-order valence-electron chi connectivity index (χ2n) is 5.12. The maximum absolute atomic E-state index is 5.18. The molecule has 4 fully saturated rings. The van der Waals surface area contributed by atoms with Gasteiger partial charge in [-0.15, -0.1) is 0 Å². The summed E-state index contributed by atoms with van der Waals surface area (Å²) >= 11 is 2.66. The Bertz CT molecular complexity index is 190. The lowest BCUT2D eigenvalue weighted by Gasteiger charge is -2.69. The van der Waals surface area contributed by atoms with E-state index in [1.807, 2.05) is 0 Å². The Morgan fingerprint density at radius 1 is 1.25 bits per heavy atom. The minimum atomic E-state index is 0.772. The van der Waals surface area contributed by atoms with Crippen LogP contribution in [0.5, 0.6) is 0 Å². The van der Waals surface area contributed by atoms with Gasteiger partial charge in [-0.1, -0.05) is 22.6 Å². The molecule has 0 radical (unpaired) electrons. The van der Waals surface area contributed by atoms with Gasteiger partial charge in [0.2, 0.25) is 0 Å². The fraction of sp³-hybridized carbons (Fsp3) is 1.00. The average molecular weight is 278 g/mol. The van der Waals surface area contributed by atoms with E-state index in [0.717, 1.165) is 28.0 Å². The van der Waals surface area contributed by atoms with Crippen LogP contribution in [0.25, 0.3) is 0 Å². The van der Waals surface area contributed by atoms with Crippen LogP contribution in [0.1, 0.15) is 32.1 Å². The molecule has 3 saturated carbocycles. The fourth-order valence-electron chi connectivity index (χ4n) is 3.09. The summed E-state index contributed by atoms with van der Waals surface area (Å²) in [4.78, 5) is 0. The first-order valence-electron chi connectivity index (χ1n) is 4.97. The summed E-state index contributed by atoms with van der Waals surface area (Å²) in [5.41, 5.74) is 0.830. The van der Waals surface area contributed by atoms with E-state index in [1.54, 1.807) is 0 Å². The molecule has 4 aliphatic rings. The zero-order valence-electron chi connectivity index (χ0n) is 7.31. The lowest BCUT2D eigenvalue weighted by molar-refractivity contribution is -0.0935. The molecule has 1 nitrogen and oxygen atoms in total. The molecule has 1 saturated heterocycles. The zero-order chi connectivity index (χ0) is 8.23. The lowest BCUT2D eigenvalue weighted by Crippen LogP contribution is -2.63.